The van der Waals surface area contributed by atoms with Crippen LogP contribution in [0.2, 0.25) is 0 Å². The largest absolute Gasteiger partial charge is 0.493 e. The van der Waals surface area contributed by atoms with Crippen LogP contribution in [0.15, 0.2) is 53.7 Å². The van der Waals surface area contributed by atoms with Crippen LogP contribution in [0.4, 0.5) is 4.39 Å². The minimum Gasteiger partial charge on any atom is -0.493 e. The van der Waals surface area contributed by atoms with E-state index in [2.05, 4.69) is 28.6 Å². The molecule has 2 aromatic carbocycles. The van der Waals surface area contributed by atoms with Gasteiger partial charge < -0.3 is 14.0 Å². The molecule has 0 amide bonds. The van der Waals surface area contributed by atoms with Crippen LogP contribution in [0.3, 0.4) is 0 Å². The van der Waals surface area contributed by atoms with Gasteiger partial charge in [-0.1, -0.05) is 55.9 Å². The van der Waals surface area contributed by atoms with Gasteiger partial charge in [-0.15, -0.1) is 10.2 Å². The van der Waals surface area contributed by atoms with Gasteiger partial charge in [-0.3, -0.25) is 0 Å². The summed E-state index contributed by atoms with van der Waals surface area (Å²) in [6, 6.07) is 14.3. The number of nitrogens with zero attached hydrogens (tertiary/aromatic N) is 3. The zero-order chi connectivity index (χ0) is 20.8. The molecule has 1 aromatic heterocycles. The number of hydrogen-bond donors (Lipinski definition) is 0. The monoisotopic (exact) mass is 415 g/mol. The van der Waals surface area contributed by atoms with Crippen molar-refractivity contribution in [2.75, 3.05) is 7.11 Å². The Morgan fingerprint density at radius 2 is 1.69 bits per heavy atom. The van der Waals surface area contributed by atoms with Crippen molar-refractivity contribution in [3.05, 3.63) is 65.7 Å². The predicted molar refractivity (Wildman–Crippen MR) is 113 cm³/mol. The second-order valence-electron chi connectivity index (χ2n) is 7.14. The molecule has 3 rings (SSSR count). The van der Waals surface area contributed by atoms with E-state index in [4.69, 9.17) is 9.47 Å². The highest BCUT2D eigenvalue weighted by Gasteiger charge is 2.21. The summed E-state index contributed by atoms with van der Waals surface area (Å²) < 4.78 is 27.5. The van der Waals surface area contributed by atoms with Crippen molar-refractivity contribution in [2.24, 2.45) is 5.92 Å². The maximum Gasteiger partial charge on any atom is 0.191 e. The maximum atomic E-state index is 14.0. The van der Waals surface area contributed by atoms with Gasteiger partial charge in [0.2, 0.25) is 0 Å². The highest BCUT2D eigenvalue weighted by Crippen LogP contribution is 2.32. The molecule has 29 heavy (non-hydrogen) atoms. The fourth-order valence-electron chi connectivity index (χ4n) is 2.96. The first-order chi connectivity index (χ1) is 14.0. The summed E-state index contributed by atoms with van der Waals surface area (Å²) in [4.78, 5) is 0. The Labute approximate surface area is 175 Å². The molecule has 7 heteroatoms. The van der Waals surface area contributed by atoms with Crippen LogP contribution < -0.4 is 9.47 Å². The first kappa shape index (κ1) is 21.2. The molecule has 0 fully saturated rings. The number of ether oxygens (including phenoxy) is 2. The fraction of sp³-hybridized carbons (Fsp3) is 0.364. The van der Waals surface area contributed by atoms with Crippen molar-refractivity contribution < 1.29 is 13.9 Å². The molecule has 1 atom stereocenters. The molecule has 154 valence electrons. The van der Waals surface area contributed by atoms with E-state index in [0.29, 0.717) is 28.7 Å². The standard InChI is InChI=1S/C22H26FN3O2S/c1-15(2)13-26-21(16(3)28-20-12-8-7-11-19(20)27-4)24-25-22(26)29-14-17-9-5-6-10-18(17)23/h5-12,15-16H,13-14H2,1-4H3. The van der Waals surface area contributed by atoms with E-state index < -0.39 is 0 Å². The molecular formula is C22H26FN3O2S. The van der Waals surface area contributed by atoms with Crippen LogP contribution >= 0.6 is 11.8 Å². The molecule has 0 aliphatic rings. The Bertz CT molecular complexity index is 945. The third-order valence-electron chi connectivity index (χ3n) is 4.34. The average Bonchev–Trinajstić information content (AvgIpc) is 3.09. The van der Waals surface area contributed by atoms with Crippen molar-refractivity contribution in [1.29, 1.82) is 0 Å². The molecule has 3 aromatic rings. The van der Waals surface area contributed by atoms with Gasteiger partial charge in [0, 0.05) is 12.3 Å². The lowest BCUT2D eigenvalue weighted by Crippen LogP contribution is -2.15. The molecule has 0 N–H and O–H groups in total. The van der Waals surface area contributed by atoms with Crippen LogP contribution in [0.5, 0.6) is 11.5 Å². The molecule has 0 saturated carbocycles. The number of hydrogen-bond acceptors (Lipinski definition) is 5. The third kappa shape index (κ3) is 5.29. The molecule has 0 radical (unpaired) electrons. The van der Waals surface area contributed by atoms with Crippen LogP contribution in [0, 0.1) is 11.7 Å². The van der Waals surface area contributed by atoms with E-state index in [1.165, 1.54) is 17.8 Å². The van der Waals surface area contributed by atoms with Gasteiger partial charge in [0.15, 0.2) is 28.6 Å². The summed E-state index contributed by atoms with van der Waals surface area (Å²) in [5.41, 5.74) is 0.650. The van der Waals surface area contributed by atoms with E-state index in [1.54, 1.807) is 19.2 Å². The topological polar surface area (TPSA) is 49.2 Å². The minimum atomic E-state index is -0.319. The van der Waals surface area contributed by atoms with Crippen LogP contribution in [0.1, 0.15) is 38.3 Å². The molecular weight excluding hydrogens is 389 g/mol. The number of thioether (sulfide) groups is 1. The SMILES string of the molecule is COc1ccccc1OC(C)c1nnc(SCc2ccccc2F)n1CC(C)C. The lowest BCUT2D eigenvalue weighted by Gasteiger charge is -2.19. The Kier molecular flexibility index (Phi) is 7.14. The second kappa shape index (κ2) is 9.78. The number of para-hydroxylation sites is 2. The summed E-state index contributed by atoms with van der Waals surface area (Å²) in [5, 5.41) is 9.51. The smallest absolute Gasteiger partial charge is 0.191 e. The lowest BCUT2D eigenvalue weighted by atomic mass is 10.2. The molecule has 0 spiro atoms. The molecule has 5 nitrogen and oxygen atoms in total. The highest BCUT2D eigenvalue weighted by molar-refractivity contribution is 7.98. The van der Waals surface area contributed by atoms with Gasteiger partial charge in [-0.25, -0.2) is 4.39 Å². The second-order valence-corrected chi connectivity index (χ2v) is 8.08. The van der Waals surface area contributed by atoms with Crippen molar-refractivity contribution in [1.82, 2.24) is 14.8 Å². The van der Waals surface area contributed by atoms with Crippen LogP contribution in [-0.4, -0.2) is 21.9 Å². The quantitative estimate of drug-likeness (QED) is 0.431. The average molecular weight is 416 g/mol. The van der Waals surface area contributed by atoms with Crippen molar-refractivity contribution in [3.63, 3.8) is 0 Å². The van der Waals surface area contributed by atoms with Gasteiger partial charge in [-0.2, -0.15) is 0 Å². The first-order valence-electron chi connectivity index (χ1n) is 9.58. The summed E-state index contributed by atoms with van der Waals surface area (Å²) in [7, 11) is 1.62. The zero-order valence-electron chi connectivity index (χ0n) is 17.1. The molecule has 0 aliphatic carbocycles. The number of rotatable bonds is 9. The molecule has 0 aliphatic heterocycles. The Hall–Kier alpha value is -2.54. The van der Waals surface area contributed by atoms with E-state index >= 15 is 0 Å². The van der Waals surface area contributed by atoms with Gasteiger partial charge in [0.05, 0.1) is 7.11 Å². The maximum absolute atomic E-state index is 14.0. The third-order valence-corrected chi connectivity index (χ3v) is 5.36. The summed E-state index contributed by atoms with van der Waals surface area (Å²) in [6.07, 6.45) is -0.319. The van der Waals surface area contributed by atoms with Gasteiger partial charge in [0.25, 0.3) is 0 Å². The lowest BCUT2D eigenvalue weighted by molar-refractivity contribution is 0.198. The normalized spacial score (nSPS) is 12.2. The Morgan fingerprint density at radius 1 is 1.00 bits per heavy atom. The summed E-state index contributed by atoms with van der Waals surface area (Å²) in [5.74, 6) is 2.75. The van der Waals surface area contributed by atoms with Gasteiger partial charge >= 0.3 is 0 Å². The van der Waals surface area contributed by atoms with E-state index in [-0.39, 0.29) is 11.9 Å². The van der Waals surface area contributed by atoms with Crippen LogP contribution in [0.25, 0.3) is 0 Å². The fourth-order valence-corrected chi connectivity index (χ4v) is 3.90. The Morgan fingerprint density at radius 3 is 2.38 bits per heavy atom. The first-order valence-corrected chi connectivity index (χ1v) is 10.6. The summed E-state index contributed by atoms with van der Waals surface area (Å²) in [6.45, 7) is 6.97. The minimum absolute atomic E-state index is 0.206. The molecule has 0 saturated heterocycles. The molecule has 0 bridgehead atoms. The molecule has 1 heterocycles. The van der Waals surface area contributed by atoms with Crippen molar-refractivity contribution in [2.45, 2.75) is 44.3 Å². The number of benzene rings is 2. The van der Waals surface area contributed by atoms with Crippen molar-refractivity contribution >= 4 is 11.8 Å². The summed E-state index contributed by atoms with van der Waals surface area (Å²) >= 11 is 1.48. The number of halogens is 1. The van der Waals surface area contributed by atoms with Gasteiger partial charge in [-0.05, 0) is 36.6 Å². The van der Waals surface area contributed by atoms with E-state index in [0.717, 1.165) is 17.5 Å². The number of aromatic nitrogens is 3. The van der Waals surface area contributed by atoms with E-state index in [9.17, 15) is 4.39 Å². The van der Waals surface area contributed by atoms with Gasteiger partial charge in [0.1, 0.15) is 5.82 Å². The highest BCUT2D eigenvalue weighted by atomic mass is 32.2. The number of methoxy groups -OCH3 is 1. The zero-order valence-corrected chi connectivity index (χ0v) is 17.9. The van der Waals surface area contributed by atoms with Crippen LogP contribution in [-0.2, 0) is 12.3 Å². The molecule has 1 unspecified atom stereocenters. The van der Waals surface area contributed by atoms with E-state index in [1.807, 2.05) is 37.3 Å². The predicted octanol–water partition coefficient (Wildman–Crippen LogP) is 5.51. The van der Waals surface area contributed by atoms with Crippen molar-refractivity contribution in [3.8, 4) is 11.5 Å². The Balaban J connectivity index is 1.82.